The van der Waals surface area contributed by atoms with E-state index in [1.54, 1.807) is 0 Å². The van der Waals surface area contributed by atoms with Gasteiger partial charge in [0.25, 0.3) is 0 Å². The van der Waals surface area contributed by atoms with E-state index in [4.69, 9.17) is 23.2 Å². The molecule has 1 N–H and O–H groups in total. The minimum absolute atomic E-state index is 0.442. The fraction of sp³-hybridized carbons (Fsp3) is 0.647. The van der Waals surface area contributed by atoms with Crippen LogP contribution in [0.25, 0.3) is 0 Å². The Kier molecular flexibility index (Phi) is 6.20. The molecule has 2 rings (SSSR count). The highest BCUT2D eigenvalue weighted by atomic mass is 35.5. The molecule has 0 radical (unpaired) electrons. The number of hydrogen-bond donors (Lipinski definition) is 1. The molecule has 1 unspecified atom stereocenters. The van der Waals surface area contributed by atoms with Crippen LogP contribution in [0.2, 0.25) is 10.0 Å². The summed E-state index contributed by atoms with van der Waals surface area (Å²) in [5, 5.41) is 5.24. The highest BCUT2D eigenvalue weighted by molar-refractivity contribution is 6.36. The van der Waals surface area contributed by atoms with Gasteiger partial charge in [-0.1, -0.05) is 56.0 Å². The Labute approximate surface area is 133 Å². The maximum atomic E-state index is 6.43. The standard InChI is InChI=1S/C17H25Cl2N/c1-12(2)10-20-11-14(13-6-3-4-7-13)17-15(18)8-5-9-16(17)19/h5,8-9,12-14,20H,3-4,6-7,10-11H2,1-2H3. The molecule has 1 aliphatic carbocycles. The van der Waals surface area contributed by atoms with Crippen LogP contribution in [0.15, 0.2) is 18.2 Å². The van der Waals surface area contributed by atoms with Crippen molar-refractivity contribution in [1.82, 2.24) is 5.32 Å². The first kappa shape index (κ1) is 16.1. The van der Waals surface area contributed by atoms with Gasteiger partial charge in [0.1, 0.15) is 0 Å². The highest BCUT2D eigenvalue weighted by Gasteiger charge is 2.29. The Morgan fingerprint density at radius 2 is 1.70 bits per heavy atom. The average Bonchev–Trinajstić information content (AvgIpc) is 2.89. The molecule has 0 aliphatic heterocycles. The van der Waals surface area contributed by atoms with Crippen LogP contribution in [0.1, 0.15) is 51.0 Å². The summed E-state index contributed by atoms with van der Waals surface area (Å²) in [5.74, 6) is 1.82. The van der Waals surface area contributed by atoms with E-state index < -0.39 is 0 Å². The van der Waals surface area contributed by atoms with E-state index in [1.165, 1.54) is 25.7 Å². The molecule has 1 aromatic rings. The van der Waals surface area contributed by atoms with Crippen LogP contribution < -0.4 is 5.32 Å². The van der Waals surface area contributed by atoms with Gasteiger partial charge in [0.2, 0.25) is 0 Å². The second-order valence-corrected chi connectivity index (χ2v) is 7.15. The zero-order chi connectivity index (χ0) is 14.5. The van der Waals surface area contributed by atoms with Crippen molar-refractivity contribution < 1.29 is 0 Å². The maximum absolute atomic E-state index is 6.43. The molecular formula is C17H25Cl2N. The van der Waals surface area contributed by atoms with E-state index in [-0.39, 0.29) is 0 Å². The molecule has 1 fully saturated rings. The van der Waals surface area contributed by atoms with Crippen LogP contribution >= 0.6 is 23.2 Å². The molecule has 1 saturated carbocycles. The second kappa shape index (κ2) is 7.68. The monoisotopic (exact) mass is 313 g/mol. The minimum atomic E-state index is 0.442. The van der Waals surface area contributed by atoms with E-state index in [0.29, 0.717) is 17.8 Å². The summed E-state index contributed by atoms with van der Waals surface area (Å²) in [6, 6.07) is 5.86. The molecule has 0 aromatic heterocycles. The minimum Gasteiger partial charge on any atom is -0.316 e. The Balaban J connectivity index is 2.16. The first-order chi connectivity index (χ1) is 9.59. The Morgan fingerprint density at radius 1 is 1.10 bits per heavy atom. The average molecular weight is 314 g/mol. The third kappa shape index (κ3) is 4.13. The Morgan fingerprint density at radius 3 is 2.25 bits per heavy atom. The fourth-order valence-electron chi connectivity index (χ4n) is 3.26. The summed E-state index contributed by atoms with van der Waals surface area (Å²) < 4.78 is 0. The number of halogens is 2. The zero-order valence-corrected chi connectivity index (χ0v) is 14.0. The first-order valence-electron chi connectivity index (χ1n) is 7.74. The number of benzene rings is 1. The molecule has 1 aromatic carbocycles. The van der Waals surface area contributed by atoms with Crippen molar-refractivity contribution in [3.05, 3.63) is 33.8 Å². The van der Waals surface area contributed by atoms with Gasteiger partial charge in [-0.25, -0.2) is 0 Å². The van der Waals surface area contributed by atoms with E-state index in [9.17, 15) is 0 Å². The van der Waals surface area contributed by atoms with Crippen LogP contribution in [0.5, 0.6) is 0 Å². The molecule has 1 atom stereocenters. The Hall–Kier alpha value is -0.240. The van der Waals surface area contributed by atoms with Crippen LogP contribution in [-0.4, -0.2) is 13.1 Å². The Bertz CT molecular complexity index is 405. The van der Waals surface area contributed by atoms with Gasteiger partial charge in [0, 0.05) is 22.5 Å². The van der Waals surface area contributed by atoms with E-state index >= 15 is 0 Å². The summed E-state index contributed by atoms with van der Waals surface area (Å²) in [5.41, 5.74) is 1.15. The molecule has 0 heterocycles. The number of nitrogens with one attached hydrogen (secondary N) is 1. The maximum Gasteiger partial charge on any atom is 0.0456 e. The molecule has 0 amide bonds. The van der Waals surface area contributed by atoms with Crippen molar-refractivity contribution in [2.75, 3.05) is 13.1 Å². The normalized spacial score (nSPS) is 17.9. The van der Waals surface area contributed by atoms with E-state index in [0.717, 1.165) is 28.7 Å². The molecule has 0 saturated heterocycles. The molecular weight excluding hydrogens is 289 g/mol. The molecule has 3 heteroatoms. The van der Waals surface area contributed by atoms with Crippen LogP contribution in [0.4, 0.5) is 0 Å². The predicted octanol–water partition coefficient (Wildman–Crippen LogP) is 5.51. The van der Waals surface area contributed by atoms with Crippen LogP contribution in [-0.2, 0) is 0 Å². The summed E-state index contributed by atoms with van der Waals surface area (Å²) in [6.45, 7) is 6.50. The predicted molar refractivity (Wildman–Crippen MR) is 88.9 cm³/mol. The second-order valence-electron chi connectivity index (χ2n) is 6.34. The quantitative estimate of drug-likeness (QED) is 0.729. The van der Waals surface area contributed by atoms with Gasteiger partial charge < -0.3 is 5.32 Å². The lowest BCUT2D eigenvalue weighted by atomic mass is 9.84. The van der Waals surface area contributed by atoms with Gasteiger partial charge in [-0.3, -0.25) is 0 Å². The summed E-state index contributed by atoms with van der Waals surface area (Å²) in [6.07, 6.45) is 5.28. The van der Waals surface area contributed by atoms with Crippen molar-refractivity contribution >= 4 is 23.2 Å². The van der Waals surface area contributed by atoms with E-state index in [1.807, 2.05) is 18.2 Å². The number of rotatable bonds is 6. The van der Waals surface area contributed by atoms with Crippen molar-refractivity contribution in [3.8, 4) is 0 Å². The van der Waals surface area contributed by atoms with Gasteiger partial charge in [-0.05, 0) is 48.9 Å². The van der Waals surface area contributed by atoms with E-state index in [2.05, 4.69) is 19.2 Å². The largest absolute Gasteiger partial charge is 0.316 e. The third-order valence-electron chi connectivity index (χ3n) is 4.26. The molecule has 1 aliphatic rings. The first-order valence-corrected chi connectivity index (χ1v) is 8.49. The van der Waals surface area contributed by atoms with Crippen molar-refractivity contribution in [2.24, 2.45) is 11.8 Å². The molecule has 1 nitrogen and oxygen atoms in total. The summed E-state index contributed by atoms with van der Waals surface area (Å²) >= 11 is 12.9. The van der Waals surface area contributed by atoms with Gasteiger partial charge in [-0.15, -0.1) is 0 Å². The van der Waals surface area contributed by atoms with Gasteiger partial charge >= 0.3 is 0 Å². The van der Waals surface area contributed by atoms with Crippen molar-refractivity contribution in [3.63, 3.8) is 0 Å². The van der Waals surface area contributed by atoms with Gasteiger partial charge in [0.15, 0.2) is 0 Å². The number of hydrogen-bond acceptors (Lipinski definition) is 1. The third-order valence-corrected chi connectivity index (χ3v) is 4.92. The van der Waals surface area contributed by atoms with Crippen molar-refractivity contribution in [1.29, 1.82) is 0 Å². The zero-order valence-electron chi connectivity index (χ0n) is 12.5. The molecule has 112 valence electrons. The lowest BCUT2D eigenvalue weighted by Gasteiger charge is -2.26. The lowest BCUT2D eigenvalue weighted by Crippen LogP contribution is -2.29. The van der Waals surface area contributed by atoms with Gasteiger partial charge in [-0.2, -0.15) is 0 Å². The van der Waals surface area contributed by atoms with Crippen LogP contribution in [0, 0.1) is 11.8 Å². The van der Waals surface area contributed by atoms with Gasteiger partial charge in [0.05, 0.1) is 0 Å². The summed E-state index contributed by atoms with van der Waals surface area (Å²) in [7, 11) is 0. The smallest absolute Gasteiger partial charge is 0.0456 e. The fourth-order valence-corrected chi connectivity index (χ4v) is 3.93. The molecule has 0 bridgehead atoms. The topological polar surface area (TPSA) is 12.0 Å². The molecule has 0 spiro atoms. The molecule has 20 heavy (non-hydrogen) atoms. The highest BCUT2D eigenvalue weighted by Crippen LogP contribution is 2.42. The SMILES string of the molecule is CC(C)CNCC(c1c(Cl)cccc1Cl)C1CCCC1. The lowest BCUT2D eigenvalue weighted by molar-refractivity contribution is 0.401. The van der Waals surface area contributed by atoms with Crippen molar-refractivity contribution in [2.45, 2.75) is 45.4 Å². The summed E-state index contributed by atoms with van der Waals surface area (Å²) in [4.78, 5) is 0. The van der Waals surface area contributed by atoms with Crippen LogP contribution in [0.3, 0.4) is 0 Å².